The van der Waals surface area contributed by atoms with E-state index >= 15 is 0 Å². The van der Waals surface area contributed by atoms with Crippen molar-refractivity contribution in [2.45, 2.75) is 62.8 Å². The predicted octanol–water partition coefficient (Wildman–Crippen LogP) is 5.29. The van der Waals surface area contributed by atoms with Crippen LogP contribution in [0.15, 0.2) is 24.3 Å². The van der Waals surface area contributed by atoms with E-state index in [1.54, 1.807) is 0 Å². The summed E-state index contributed by atoms with van der Waals surface area (Å²) < 4.78 is 5.70. The Morgan fingerprint density at radius 3 is 2.39 bits per heavy atom. The lowest BCUT2D eigenvalue weighted by atomic mass is 9.92. The minimum absolute atomic E-state index is 0.248. The summed E-state index contributed by atoms with van der Waals surface area (Å²) in [6.45, 7) is 4.13. The van der Waals surface area contributed by atoms with Gasteiger partial charge in [-0.25, -0.2) is 0 Å². The molecule has 0 N–H and O–H groups in total. The SMILES string of the molecule is CC(C)Oc1ccc(C2CCCCCC2Br)cc1. The Morgan fingerprint density at radius 1 is 1.06 bits per heavy atom. The van der Waals surface area contributed by atoms with Gasteiger partial charge < -0.3 is 4.74 Å². The van der Waals surface area contributed by atoms with E-state index in [1.165, 1.54) is 37.7 Å². The van der Waals surface area contributed by atoms with Crippen LogP contribution in [0, 0.1) is 0 Å². The minimum Gasteiger partial charge on any atom is -0.491 e. The molecular formula is C16H23BrO. The Kier molecular flexibility index (Phi) is 5.11. The molecule has 18 heavy (non-hydrogen) atoms. The molecule has 1 nitrogen and oxygen atoms in total. The molecule has 0 heterocycles. The largest absolute Gasteiger partial charge is 0.491 e. The summed E-state index contributed by atoms with van der Waals surface area (Å²) in [6.07, 6.45) is 6.96. The van der Waals surface area contributed by atoms with Crippen molar-refractivity contribution in [1.82, 2.24) is 0 Å². The Morgan fingerprint density at radius 2 is 1.72 bits per heavy atom. The van der Waals surface area contributed by atoms with Crippen LogP contribution in [0.2, 0.25) is 0 Å². The van der Waals surface area contributed by atoms with E-state index in [2.05, 4.69) is 54.0 Å². The van der Waals surface area contributed by atoms with E-state index < -0.39 is 0 Å². The van der Waals surface area contributed by atoms with Crippen LogP contribution in [0.1, 0.15) is 57.4 Å². The first kappa shape index (κ1) is 13.9. The zero-order chi connectivity index (χ0) is 13.0. The van der Waals surface area contributed by atoms with Crippen LogP contribution < -0.4 is 4.74 Å². The average Bonchev–Trinajstić information content (AvgIpc) is 2.54. The normalized spacial score (nSPS) is 24.9. The van der Waals surface area contributed by atoms with E-state index in [-0.39, 0.29) is 6.10 Å². The van der Waals surface area contributed by atoms with Crippen LogP contribution in [0.5, 0.6) is 5.75 Å². The number of hydrogen-bond acceptors (Lipinski definition) is 1. The lowest BCUT2D eigenvalue weighted by Crippen LogP contribution is -2.11. The number of ether oxygens (including phenoxy) is 1. The molecular weight excluding hydrogens is 288 g/mol. The van der Waals surface area contributed by atoms with Gasteiger partial charge in [0.2, 0.25) is 0 Å². The molecule has 0 aromatic heterocycles. The first-order chi connectivity index (χ1) is 8.66. The highest BCUT2D eigenvalue weighted by molar-refractivity contribution is 9.09. The molecule has 0 spiro atoms. The van der Waals surface area contributed by atoms with Crippen molar-refractivity contribution in [3.8, 4) is 5.75 Å². The number of benzene rings is 1. The van der Waals surface area contributed by atoms with Crippen LogP contribution in [-0.4, -0.2) is 10.9 Å². The third kappa shape index (κ3) is 3.74. The Labute approximate surface area is 119 Å². The van der Waals surface area contributed by atoms with Crippen molar-refractivity contribution in [3.05, 3.63) is 29.8 Å². The first-order valence-corrected chi connectivity index (χ1v) is 7.99. The van der Waals surface area contributed by atoms with Crippen molar-refractivity contribution in [1.29, 1.82) is 0 Å². The summed E-state index contributed by atoms with van der Waals surface area (Å²) >= 11 is 3.87. The van der Waals surface area contributed by atoms with Gasteiger partial charge in [0.15, 0.2) is 0 Å². The Balaban J connectivity index is 2.07. The zero-order valence-electron chi connectivity index (χ0n) is 11.4. The molecule has 1 aliphatic rings. The van der Waals surface area contributed by atoms with Gasteiger partial charge in [0.1, 0.15) is 5.75 Å². The minimum atomic E-state index is 0.248. The highest BCUT2D eigenvalue weighted by Crippen LogP contribution is 2.36. The van der Waals surface area contributed by atoms with E-state index in [4.69, 9.17) is 4.74 Å². The van der Waals surface area contributed by atoms with Gasteiger partial charge in [-0.3, -0.25) is 0 Å². The third-order valence-corrected chi connectivity index (χ3v) is 4.71. The van der Waals surface area contributed by atoms with Crippen molar-refractivity contribution in [2.75, 3.05) is 0 Å². The predicted molar refractivity (Wildman–Crippen MR) is 80.7 cm³/mol. The molecule has 2 atom stereocenters. The van der Waals surface area contributed by atoms with Crippen LogP contribution in [0.25, 0.3) is 0 Å². The van der Waals surface area contributed by atoms with Gasteiger partial charge in [-0.2, -0.15) is 0 Å². The van der Waals surface area contributed by atoms with E-state index in [0.717, 1.165) is 5.75 Å². The number of hydrogen-bond donors (Lipinski definition) is 0. The van der Waals surface area contributed by atoms with Gasteiger partial charge in [0.05, 0.1) is 6.10 Å². The summed E-state index contributed by atoms with van der Waals surface area (Å²) in [5.41, 5.74) is 1.45. The molecule has 1 fully saturated rings. The van der Waals surface area contributed by atoms with Crippen LogP contribution in [0.3, 0.4) is 0 Å². The Bertz CT molecular complexity index is 358. The van der Waals surface area contributed by atoms with Crippen LogP contribution in [-0.2, 0) is 0 Å². The van der Waals surface area contributed by atoms with Gasteiger partial charge in [-0.15, -0.1) is 0 Å². The molecule has 0 bridgehead atoms. The van der Waals surface area contributed by atoms with Gasteiger partial charge in [-0.1, -0.05) is 47.3 Å². The van der Waals surface area contributed by atoms with Gasteiger partial charge in [0.25, 0.3) is 0 Å². The van der Waals surface area contributed by atoms with Crippen molar-refractivity contribution in [3.63, 3.8) is 0 Å². The quantitative estimate of drug-likeness (QED) is 0.545. The standard InChI is InChI=1S/C16H23BrO/c1-12(2)18-14-10-8-13(9-11-14)15-6-4-3-5-7-16(15)17/h8-12,15-16H,3-7H2,1-2H3. The molecule has 0 radical (unpaired) electrons. The van der Waals surface area contributed by atoms with Gasteiger partial charge in [-0.05, 0) is 50.3 Å². The fraction of sp³-hybridized carbons (Fsp3) is 0.625. The van der Waals surface area contributed by atoms with E-state index in [1.807, 2.05) is 0 Å². The highest BCUT2D eigenvalue weighted by Gasteiger charge is 2.22. The van der Waals surface area contributed by atoms with Crippen molar-refractivity contribution in [2.24, 2.45) is 0 Å². The fourth-order valence-corrected chi connectivity index (χ4v) is 3.60. The molecule has 2 rings (SSSR count). The topological polar surface area (TPSA) is 9.23 Å². The summed E-state index contributed by atoms with van der Waals surface area (Å²) in [7, 11) is 0. The maximum absolute atomic E-state index is 5.70. The molecule has 1 aromatic rings. The second-order valence-electron chi connectivity index (χ2n) is 5.50. The van der Waals surface area contributed by atoms with Gasteiger partial charge >= 0.3 is 0 Å². The monoisotopic (exact) mass is 310 g/mol. The molecule has 0 amide bonds. The summed E-state index contributed by atoms with van der Waals surface area (Å²) in [6, 6.07) is 8.70. The molecule has 0 saturated heterocycles. The molecule has 1 aromatic carbocycles. The van der Waals surface area contributed by atoms with Crippen molar-refractivity contribution >= 4 is 15.9 Å². The lowest BCUT2D eigenvalue weighted by molar-refractivity contribution is 0.242. The van der Waals surface area contributed by atoms with Crippen molar-refractivity contribution < 1.29 is 4.74 Å². The maximum Gasteiger partial charge on any atom is 0.119 e. The highest BCUT2D eigenvalue weighted by atomic mass is 79.9. The molecule has 1 saturated carbocycles. The molecule has 1 aliphatic carbocycles. The fourth-order valence-electron chi connectivity index (χ4n) is 2.70. The Hall–Kier alpha value is -0.500. The smallest absolute Gasteiger partial charge is 0.119 e. The number of alkyl halides is 1. The van der Waals surface area contributed by atoms with E-state index in [0.29, 0.717) is 10.7 Å². The second-order valence-corrected chi connectivity index (χ2v) is 6.67. The van der Waals surface area contributed by atoms with Crippen LogP contribution in [0.4, 0.5) is 0 Å². The number of halogens is 1. The molecule has 0 aliphatic heterocycles. The lowest BCUT2D eigenvalue weighted by Gasteiger charge is -2.21. The first-order valence-electron chi connectivity index (χ1n) is 7.07. The summed E-state index contributed by atoms with van der Waals surface area (Å²) in [5, 5.41) is 0. The third-order valence-electron chi connectivity index (χ3n) is 3.61. The summed E-state index contributed by atoms with van der Waals surface area (Å²) in [4.78, 5) is 0.636. The maximum atomic E-state index is 5.70. The molecule has 2 heteroatoms. The molecule has 2 unspecified atom stereocenters. The van der Waals surface area contributed by atoms with Gasteiger partial charge in [0, 0.05) is 4.83 Å². The second kappa shape index (κ2) is 6.60. The number of rotatable bonds is 3. The zero-order valence-corrected chi connectivity index (χ0v) is 12.9. The molecule has 100 valence electrons. The summed E-state index contributed by atoms with van der Waals surface area (Å²) in [5.74, 6) is 1.65. The van der Waals surface area contributed by atoms with Crippen LogP contribution >= 0.6 is 15.9 Å². The average molecular weight is 311 g/mol. The van der Waals surface area contributed by atoms with E-state index in [9.17, 15) is 0 Å².